The van der Waals surface area contributed by atoms with Crippen LogP contribution in [-0.2, 0) is 13.2 Å². The van der Waals surface area contributed by atoms with Crippen molar-refractivity contribution in [1.82, 2.24) is 4.90 Å². The number of hydrogen-bond acceptors (Lipinski definition) is 4. The van der Waals surface area contributed by atoms with Crippen molar-refractivity contribution in [3.63, 3.8) is 0 Å². The van der Waals surface area contributed by atoms with Crippen molar-refractivity contribution in [2.75, 3.05) is 25.5 Å². The second-order valence-corrected chi connectivity index (χ2v) is 6.37. The van der Waals surface area contributed by atoms with Crippen LogP contribution in [0.2, 0.25) is 0 Å². The second-order valence-electron chi connectivity index (χ2n) is 6.37. The van der Waals surface area contributed by atoms with E-state index < -0.39 is 0 Å². The minimum absolute atomic E-state index is 0.00574. The van der Waals surface area contributed by atoms with Gasteiger partial charge in [0.15, 0.2) is 0 Å². The summed E-state index contributed by atoms with van der Waals surface area (Å²) < 4.78 is 5.26. The first kappa shape index (κ1) is 16.8. The summed E-state index contributed by atoms with van der Waals surface area (Å²) in [5, 5.41) is 13.0. The molecule has 0 aromatic heterocycles. The number of aliphatic hydroxyl groups is 1. The molecule has 2 aromatic carbocycles. The number of nitrogens with one attached hydrogen (secondary N) is 1. The molecule has 0 bridgehead atoms. The average molecular weight is 326 g/mol. The van der Waals surface area contributed by atoms with Crippen molar-refractivity contribution < 1.29 is 9.84 Å². The molecule has 1 saturated heterocycles. The smallest absolute Gasteiger partial charge is 0.124 e. The number of anilines is 1. The number of hydrogen-bond donors (Lipinski definition) is 2. The number of aliphatic hydroxyl groups excluding tert-OH is 1. The fraction of sp³-hybridized carbons (Fsp3) is 0.400. The number of ether oxygens (including phenoxy) is 1. The van der Waals surface area contributed by atoms with Crippen molar-refractivity contribution in [3.8, 4) is 5.75 Å². The lowest BCUT2D eigenvalue weighted by molar-refractivity contribution is 0.211. The van der Waals surface area contributed by atoms with Gasteiger partial charge in [-0.15, -0.1) is 0 Å². The summed E-state index contributed by atoms with van der Waals surface area (Å²) in [6, 6.07) is 17.1. The molecule has 0 atom stereocenters. The first-order valence-corrected chi connectivity index (χ1v) is 8.59. The Hall–Kier alpha value is -2.04. The maximum atomic E-state index is 9.44. The number of likely N-dealkylation sites (tertiary alicyclic amines) is 1. The summed E-state index contributed by atoms with van der Waals surface area (Å²) in [5.41, 5.74) is 3.26. The lowest BCUT2D eigenvalue weighted by Crippen LogP contribution is -2.38. The molecule has 1 heterocycles. The second kappa shape index (κ2) is 8.18. The van der Waals surface area contributed by atoms with Gasteiger partial charge in [-0.05, 0) is 36.6 Å². The SMILES string of the molecule is COc1ccc(NC2CCN(Cc3ccccc3)CC2)cc1CO. The summed E-state index contributed by atoms with van der Waals surface area (Å²) in [4.78, 5) is 2.51. The minimum atomic E-state index is -0.00574. The molecular weight excluding hydrogens is 300 g/mol. The zero-order chi connectivity index (χ0) is 16.8. The predicted molar refractivity (Wildman–Crippen MR) is 97.3 cm³/mol. The minimum Gasteiger partial charge on any atom is -0.496 e. The van der Waals surface area contributed by atoms with Crippen molar-refractivity contribution in [1.29, 1.82) is 0 Å². The van der Waals surface area contributed by atoms with E-state index in [1.165, 1.54) is 5.56 Å². The highest BCUT2D eigenvalue weighted by Crippen LogP contribution is 2.24. The molecule has 4 nitrogen and oxygen atoms in total. The Labute approximate surface area is 144 Å². The topological polar surface area (TPSA) is 44.7 Å². The Balaban J connectivity index is 1.52. The van der Waals surface area contributed by atoms with Gasteiger partial charge in [0.2, 0.25) is 0 Å². The zero-order valence-electron chi connectivity index (χ0n) is 14.2. The quantitative estimate of drug-likeness (QED) is 0.855. The Morgan fingerprint density at radius 3 is 2.54 bits per heavy atom. The van der Waals surface area contributed by atoms with E-state index in [-0.39, 0.29) is 6.61 Å². The molecule has 3 rings (SSSR count). The largest absolute Gasteiger partial charge is 0.496 e. The van der Waals surface area contributed by atoms with Gasteiger partial charge in [0, 0.05) is 36.9 Å². The van der Waals surface area contributed by atoms with Crippen LogP contribution >= 0.6 is 0 Å². The first-order valence-electron chi connectivity index (χ1n) is 8.59. The molecule has 1 aliphatic heterocycles. The van der Waals surface area contributed by atoms with Gasteiger partial charge in [0.25, 0.3) is 0 Å². The summed E-state index contributed by atoms with van der Waals surface area (Å²) in [6.45, 7) is 3.24. The Bertz CT molecular complexity index is 637. The molecule has 0 spiro atoms. The number of benzene rings is 2. The molecule has 24 heavy (non-hydrogen) atoms. The van der Waals surface area contributed by atoms with Gasteiger partial charge in [-0.1, -0.05) is 30.3 Å². The molecular formula is C20H26N2O2. The Morgan fingerprint density at radius 1 is 1.12 bits per heavy atom. The summed E-state index contributed by atoms with van der Waals surface area (Å²) in [5.74, 6) is 0.737. The first-order chi connectivity index (χ1) is 11.8. The molecule has 0 unspecified atom stereocenters. The molecule has 4 heteroatoms. The molecule has 2 N–H and O–H groups in total. The molecule has 128 valence electrons. The number of piperidine rings is 1. The van der Waals surface area contributed by atoms with Gasteiger partial charge in [-0.3, -0.25) is 4.90 Å². The molecule has 0 amide bonds. The molecule has 1 fully saturated rings. The normalized spacial score (nSPS) is 16.1. The van der Waals surface area contributed by atoms with Crippen molar-refractivity contribution >= 4 is 5.69 Å². The highest BCUT2D eigenvalue weighted by atomic mass is 16.5. The van der Waals surface area contributed by atoms with Crippen LogP contribution in [0.4, 0.5) is 5.69 Å². The lowest BCUT2D eigenvalue weighted by atomic mass is 10.0. The number of nitrogens with zero attached hydrogens (tertiary/aromatic N) is 1. The average Bonchev–Trinajstić information content (AvgIpc) is 2.64. The zero-order valence-corrected chi connectivity index (χ0v) is 14.2. The van der Waals surface area contributed by atoms with Crippen LogP contribution in [0.3, 0.4) is 0 Å². The fourth-order valence-corrected chi connectivity index (χ4v) is 3.30. The van der Waals surface area contributed by atoms with E-state index in [0.717, 1.165) is 49.5 Å². The Morgan fingerprint density at radius 2 is 1.88 bits per heavy atom. The van der Waals surface area contributed by atoms with E-state index in [1.54, 1.807) is 7.11 Å². The summed E-state index contributed by atoms with van der Waals surface area (Å²) in [6.07, 6.45) is 2.26. The lowest BCUT2D eigenvalue weighted by Gasteiger charge is -2.33. The van der Waals surface area contributed by atoms with Crippen LogP contribution in [0.15, 0.2) is 48.5 Å². The van der Waals surface area contributed by atoms with E-state index >= 15 is 0 Å². The highest BCUT2D eigenvalue weighted by molar-refractivity contribution is 5.51. The van der Waals surface area contributed by atoms with Gasteiger partial charge >= 0.3 is 0 Å². The van der Waals surface area contributed by atoms with Crippen molar-refractivity contribution in [3.05, 3.63) is 59.7 Å². The molecule has 0 saturated carbocycles. The van der Waals surface area contributed by atoms with Crippen LogP contribution in [0.25, 0.3) is 0 Å². The van der Waals surface area contributed by atoms with Gasteiger partial charge in [0.05, 0.1) is 13.7 Å². The number of methoxy groups -OCH3 is 1. The molecule has 1 aliphatic rings. The fourth-order valence-electron chi connectivity index (χ4n) is 3.30. The standard InChI is InChI=1S/C20H26N2O2/c1-24-20-8-7-19(13-17(20)15-23)21-18-9-11-22(12-10-18)14-16-5-3-2-4-6-16/h2-8,13,18,21,23H,9-12,14-15H2,1H3. The van der Waals surface area contributed by atoms with Crippen molar-refractivity contribution in [2.24, 2.45) is 0 Å². The molecule has 2 aromatic rings. The van der Waals surface area contributed by atoms with Crippen LogP contribution in [0.1, 0.15) is 24.0 Å². The third-order valence-corrected chi connectivity index (χ3v) is 4.66. The van der Waals surface area contributed by atoms with E-state index in [2.05, 4.69) is 40.5 Å². The van der Waals surface area contributed by atoms with Gasteiger partial charge in [-0.25, -0.2) is 0 Å². The molecule has 0 aliphatic carbocycles. The third kappa shape index (κ3) is 4.28. The van der Waals surface area contributed by atoms with Gasteiger partial charge < -0.3 is 15.2 Å². The van der Waals surface area contributed by atoms with Crippen LogP contribution in [0.5, 0.6) is 5.75 Å². The third-order valence-electron chi connectivity index (χ3n) is 4.66. The monoisotopic (exact) mass is 326 g/mol. The van der Waals surface area contributed by atoms with E-state index in [0.29, 0.717) is 6.04 Å². The summed E-state index contributed by atoms with van der Waals surface area (Å²) in [7, 11) is 1.63. The van der Waals surface area contributed by atoms with Crippen molar-refractivity contribution in [2.45, 2.75) is 32.0 Å². The maximum Gasteiger partial charge on any atom is 0.124 e. The maximum absolute atomic E-state index is 9.44. The van der Waals surface area contributed by atoms with Crippen LogP contribution in [-0.4, -0.2) is 36.2 Å². The van der Waals surface area contributed by atoms with E-state index in [4.69, 9.17) is 4.74 Å². The number of rotatable bonds is 6. The van der Waals surface area contributed by atoms with Crippen LogP contribution < -0.4 is 10.1 Å². The highest BCUT2D eigenvalue weighted by Gasteiger charge is 2.19. The summed E-state index contributed by atoms with van der Waals surface area (Å²) >= 11 is 0. The van der Waals surface area contributed by atoms with E-state index in [9.17, 15) is 5.11 Å². The van der Waals surface area contributed by atoms with Gasteiger partial charge in [0.1, 0.15) is 5.75 Å². The van der Waals surface area contributed by atoms with Gasteiger partial charge in [-0.2, -0.15) is 0 Å². The van der Waals surface area contributed by atoms with E-state index in [1.807, 2.05) is 18.2 Å². The van der Waals surface area contributed by atoms with Crippen LogP contribution in [0, 0.1) is 0 Å². The Kier molecular flexibility index (Phi) is 5.72. The molecule has 0 radical (unpaired) electrons. The predicted octanol–water partition coefficient (Wildman–Crippen LogP) is 3.26.